The van der Waals surface area contributed by atoms with Crippen molar-refractivity contribution in [2.75, 3.05) is 32.0 Å². The van der Waals surface area contributed by atoms with Gasteiger partial charge in [0.15, 0.2) is 5.96 Å². The lowest BCUT2D eigenvalue weighted by Gasteiger charge is -2.20. The van der Waals surface area contributed by atoms with Gasteiger partial charge in [0.1, 0.15) is 0 Å². The van der Waals surface area contributed by atoms with Crippen molar-refractivity contribution in [3.05, 3.63) is 29.8 Å². The third-order valence-corrected chi connectivity index (χ3v) is 4.50. The highest BCUT2D eigenvalue weighted by atomic mass is 127. The molecular weight excluding hydrogens is 510 g/mol. The number of rotatable bonds is 7. The third-order valence-electron chi connectivity index (χ3n) is 4.50. The van der Waals surface area contributed by atoms with E-state index in [1.165, 1.54) is 4.90 Å². The zero-order valence-electron chi connectivity index (χ0n) is 17.6. The van der Waals surface area contributed by atoms with Crippen molar-refractivity contribution < 1.29 is 18.0 Å². The summed E-state index contributed by atoms with van der Waals surface area (Å²) in [5, 5.41) is 9.24. The van der Waals surface area contributed by atoms with Gasteiger partial charge in [0.25, 0.3) is 0 Å². The number of hydrogen-bond donors (Lipinski definition) is 3. The number of nitrogens with zero attached hydrogens (tertiary/aromatic N) is 2. The number of carbonyl (C=O) groups is 1. The number of likely N-dealkylation sites (tertiary alicyclic amines) is 1. The molecule has 30 heavy (non-hydrogen) atoms. The minimum absolute atomic E-state index is 0. The smallest absolute Gasteiger partial charge is 0.352 e. The molecule has 1 saturated heterocycles. The normalized spacial score (nSPS) is 17.6. The molecule has 6 nitrogen and oxygen atoms in total. The summed E-state index contributed by atoms with van der Waals surface area (Å²) in [4.78, 5) is 17.5. The van der Waals surface area contributed by atoms with Gasteiger partial charge < -0.3 is 16.0 Å². The van der Waals surface area contributed by atoms with E-state index in [2.05, 4.69) is 20.9 Å². The van der Waals surface area contributed by atoms with Gasteiger partial charge in [0.2, 0.25) is 5.91 Å². The van der Waals surface area contributed by atoms with E-state index in [1.54, 1.807) is 7.05 Å². The summed E-state index contributed by atoms with van der Waals surface area (Å²) in [5.41, 5.74) is 1.69. The minimum Gasteiger partial charge on any atom is -0.352 e. The van der Waals surface area contributed by atoms with Gasteiger partial charge >= 0.3 is 6.18 Å². The van der Waals surface area contributed by atoms with Gasteiger partial charge in [-0.15, -0.1) is 24.0 Å². The van der Waals surface area contributed by atoms with Gasteiger partial charge in [-0.3, -0.25) is 14.7 Å². The maximum atomic E-state index is 12.5. The van der Waals surface area contributed by atoms with Crippen LogP contribution in [0.4, 0.5) is 18.9 Å². The summed E-state index contributed by atoms with van der Waals surface area (Å²) >= 11 is 0. The topological polar surface area (TPSA) is 68.8 Å². The van der Waals surface area contributed by atoms with Gasteiger partial charge in [-0.1, -0.05) is 26.0 Å². The van der Waals surface area contributed by atoms with Crippen LogP contribution in [0.2, 0.25) is 0 Å². The quantitative estimate of drug-likeness (QED) is 0.281. The first-order valence-electron chi connectivity index (χ1n) is 9.79. The number of carbonyl (C=O) groups excluding carboxylic acids is 1. The summed E-state index contributed by atoms with van der Waals surface area (Å²) in [7, 11) is 1.63. The maximum absolute atomic E-state index is 12.5. The van der Waals surface area contributed by atoms with Crippen molar-refractivity contribution >= 4 is 41.5 Å². The Bertz CT molecular complexity index is 712. The van der Waals surface area contributed by atoms with Gasteiger partial charge in [0, 0.05) is 44.8 Å². The molecule has 170 valence electrons. The van der Waals surface area contributed by atoms with Crippen LogP contribution in [0.25, 0.3) is 0 Å². The molecule has 1 aromatic carbocycles. The molecule has 0 spiro atoms. The summed E-state index contributed by atoms with van der Waals surface area (Å²) in [6.07, 6.45) is -3.08. The number of aliphatic imine (C=N–C) groups is 1. The van der Waals surface area contributed by atoms with Crippen LogP contribution in [0.3, 0.4) is 0 Å². The zero-order valence-corrected chi connectivity index (χ0v) is 19.9. The number of anilines is 1. The molecule has 1 amide bonds. The average Bonchev–Trinajstić information content (AvgIpc) is 3.03. The van der Waals surface area contributed by atoms with Crippen LogP contribution in [0, 0.1) is 5.92 Å². The number of amides is 1. The number of nitrogens with one attached hydrogen (secondary N) is 3. The fourth-order valence-electron chi connectivity index (χ4n) is 3.26. The first-order valence-corrected chi connectivity index (χ1v) is 9.79. The van der Waals surface area contributed by atoms with E-state index >= 15 is 0 Å². The Morgan fingerprint density at radius 2 is 2.07 bits per heavy atom. The maximum Gasteiger partial charge on any atom is 0.401 e. The van der Waals surface area contributed by atoms with Gasteiger partial charge in [-0.2, -0.15) is 13.2 Å². The second kappa shape index (κ2) is 12.3. The van der Waals surface area contributed by atoms with Crippen LogP contribution < -0.4 is 16.0 Å². The van der Waals surface area contributed by atoms with E-state index in [1.807, 2.05) is 38.1 Å². The molecule has 1 aliphatic rings. The average molecular weight is 541 g/mol. The second-order valence-electron chi connectivity index (χ2n) is 7.75. The molecule has 1 aromatic rings. The number of alkyl halides is 3. The Hall–Kier alpha value is -1.56. The van der Waals surface area contributed by atoms with Crippen LogP contribution in [-0.4, -0.2) is 55.7 Å². The Labute approximate surface area is 193 Å². The fourth-order valence-corrected chi connectivity index (χ4v) is 3.26. The molecule has 1 heterocycles. The van der Waals surface area contributed by atoms with Crippen molar-refractivity contribution in [2.24, 2.45) is 10.9 Å². The summed E-state index contributed by atoms with van der Waals surface area (Å²) in [6.45, 7) is 4.32. The summed E-state index contributed by atoms with van der Waals surface area (Å²) in [6, 6.07) is 7.44. The van der Waals surface area contributed by atoms with Gasteiger partial charge in [-0.05, 0) is 30.0 Å². The molecule has 2 rings (SSSR count). The van der Waals surface area contributed by atoms with Gasteiger partial charge in [0.05, 0.1) is 6.54 Å². The highest BCUT2D eigenvalue weighted by Crippen LogP contribution is 2.20. The molecule has 1 fully saturated rings. The monoisotopic (exact) mass is 541 g/mol. The third kappa shape index (κ3) is 9.96. The van der Waals surface area contributed by atoms with Crippen LogP contribution >= 0.6 is 24.0 Å². The van der Waals surface area contributed by atoms with E-state index < -0.39 is 12.7 Å². The van der Waals surface area contributed by atoms with Crippen molar-refractivity contribution in [3.63, 3.8) is 0 Å². The van der Waals surface area contributed by atoms with Crippen molar-refractivity contribution in [1.82, 2.24) is 15.5 Å². The Kier molecular flexibility index (Phi) is 10.9. The molecule has 1 aliphatic heterocycles. The molecule has 10 heteroatoms. The van der Waals surface area contributed by atoms with E-state index in [4.69, 9.17) is 0 Å². The molecule has 0 saturated carbocycles. The lowest BCUT2D eigenvalue weighted by molar-refractivity contribution is -0.143. The predicted molar refractivity (Wildman–Crippen MR) is 124 cm³/mol. The molecule has 1 atom stereocenters. The first-order chi connectivity index (χ1) is 13.6. The Morgan fingerprint density at radius 1 is 1.33 bits per heavy atom. The number of halogens is 4. The molecular formula is C20H31F3IN5O. The van der Waals surface area contributed by atoms with Crippen LogP contribution in [-0.2, 0) is 11.3 Å². The van der Waals surface area contributed by atoms with Crippen LogP contribution in [0.15, 0.2) is 29.3 Å². The summed E-state index contributed by atoms with van der Waals surface area (Å²) < 4.78 is 37.6. The largest absolute Gasteiger partial charge is 0.401 e. The molecule has 0 radical (unpaired) electrons. The van der Waals surface area contributed by atoms with E-state index in [0.717, 1.165) is 11.3 Å². The van der Waals surface area contributed by atoms with E-state index in [-0.39, 0.29) is 41.8 Å². The van der Waals surface area contributed by atoms with E-state index in [0.29, 0.717) is 38.4 Å². The van der Waals surface area contributed by atoms with E-state index in [9.17, 15) is 18.0 Å². The molecule has 1 unspecified atom stereocenters. The van der Waals surface area contributed by atoms with Crippen LogP contribution in [0.5, 0.6) is 0 Å². The van der Waals surface area contributed by atoms with Gasteiger partial charge in [-0.25, -0.2) is 0 Å². The standard InChI is InChI=1S/C20H30F3N5O.HI/c1-14(2)9-18(29)26-16-6-4-5-15(10-16)11-25-19(24-3)27-17-7-8-28(12-17)13-20(21,22)23;/h4-6,10,14,17H,7-9,11-13H2,1-3H3,(H,26,29)(H2,24,25,27);1H. The predicted octanol–water partition coefficient (Wildman–Crippen LogP) is 3.59. The molecule has 0 bridgehead atoms. The lowest BCUT2D eigenvalue weighted by atomic mass is 10.1. The highest BCUT2D eigenvalue weighted by molar-refractivity contribution is 14.0. The zero-order chi connectivity index (χ0) is 21.4. The van der Waals surface area contributed by atoms with Crippen LogP contribution in [0.1, 0.15) is 32.3 Å². The minimum atomic E-state index is -4.18. The Morgan fingerprint density at radius 3 is 2.70 bits per heavy atom. The molecule has 0 aliphatic carbocycles. The summed E-state index contributed by atoms with van der Waals surface area (Å²) in [5.74, 6) is 0.808. The highest BCUT2D eigenvalue weighted by Gasteiger charge is 2.34. The lowest BCUT2D eigenvalue weighted by Crippen LogP contribution is -2.44. The fraction of sp³-hybridized carbons (Fsp3) is 0.600. The second-order valence-corrected chi connectivity index (χ2v) is 7.75. The first kappa shape index (κ1) is 26.5. The SMILES string of the molecule is CN=C(NCc1cccc(NC(=O)CC(C)C)c1)NC1CCN(CC(F)(F)F)C1.I. The van der Waals surface area contributed by atoms with Crippen molar-refractivity contribution in [1.29, 1.82) is 0 Å². The van der Waals surface area contributed by atoms with Crippen molar-refractivity contribution in [2.45, 2.75) is 45.5 Å². The Balaban J connectivity index is 0.00000450. The molecule has 3 N–H and O–H groups in total. The number of benzene rings is 1. The number of guanidine groups is 1. The van der Waals surface area contributed by atoms with Crippen molar-refractivity contribution in [3.8, 4) is 0 Å². The number of hydrogen-bond acceptors (Lipinski definition) is 3. The molecule has 0 aromatic heterocycles.